The van der Waals surface area contributed by atoms with Gasteiger partial charge < -0.3 is 4.98 Å². The van der Waals surface area contributed by atoms with E-state index in [9.17, 15) is 4.79 Å². The largest absolute Gasteiger partial charge is 0.329 e. The maximum atomic E-state index is 11.6. The lowest BCUT2D eigenvalue weighted by atomic mass is 10.2. The van der Waals surface area contributed by atoms with E-state index in [0.717, 1.165) is 10.8 Å². The van der Waals surface area contributed by atoms with Crippen LogP contribution in [0.5, 0.6) is 0 Å². The lowest BCUT2D eigenvalue weighted by molar-refractivity contribution is 1.28. The second-order valence-electron chi connectivity index (χ2n) is 4.86. The molecule has 0 aliphatic carbocycles. The molecule has 0 saturated heterocycles. The molecule has 2 nitrogen and oxygen atoms in total. The number of hydrogen-bond donors (Lipinski definition) is 1. The molecule has 0 amide bonds. The molecular weight excluding hydrogens is 202 g/mol. The third kappa shape index (κ3) is 1.88. The van der Waals surface area contributed by atoms with Crippen LogP contribution in [-0.4, -0.2) is 13.1 Å². The second-order valence-corrected chi connectivity index (χ2v) is 9.94. The molecule has 0 spiro atoms. The molecule has 0 aliphatic rings. The van der Waals surface area contributed by atoms with Gasteiger partial charge in [0.2, 0.25) is 0 Å². The standard InChI is InChI=1S/C12H15NOSi/c1-15(2,3)10-5-4-9-6-7-13-12(14)11(9)8-10/h4-8H,1-3H3,(H,13,14). The van der Waals surface area contributed by atoms with Crippen molar-refractivity contribution in [3.05, 3.63) is 40.8 Å². The summed E-state index contributed by atoms with van der Waals surface area (Å²) in [6.07, 6.45) is 1.69. The Morgan fingerprint density at radius 3 is 2.53 bits per heavy atom. The summed E-state index contributed by atoms with van der Waals surface area (Å²) in [6, 6.07) is 8.16. The molecule has 0 bridgehead atoms. The Balaban J connectivity index is 2.76. The minimum Gasteiger partial charge on any atom is -0.329 e. The van der Waals surface area contributed by atoms with Crippen LogP contribution in [0, 0.1) is 0 Å². The van der Waals surface area contributed by atoms with Gasteiger partial charge in [0, 0.05) is 11.6 Å². The normalized spacial score (nSPS) is 11.9. The molecule has 0 aliphatic heterocycles. The molecule has 15 heavy (non-hydrogen) atoms. The third-order valence-electron chi connectivity index (χ3n) is 2.64. The molecule has 0 radical (unpaired) electrons. The topological polar surface area (TPSA) is 32.9 Å². The van der Waals surface area contributed by atoms with E-state index in [-0.39, 0.29) is 5.56 Å². The SMILES string of the molecule is C[Si](C)(C)c1ccc2cc[nH]c(=O)c2c1. The lowest BCUT2D eigenvalue weighted by Crippen LogP contribution is -2.37. The first-order chi connectivity index (χ1) is 6.98. The summed E-state index contributed by atoms with van der Waals surface area (Å²) in [5.74, 6) is 0. The highest BCUT2D eigenvalue weighted by Gasteiger charge is 2.16. The minimum absolute atomic E-state index is 0.00704. The van der Waals surface area contributed by atoms with E-state index in [2.05, 4.69) is 30.7 Å². The van der Waals surface area contributed by atoms with Gasteiger partial charge in [0.05, 0.1) is 8.07 Å². The number of hydrogen-bond acceptors (Lipinski definition) is 1. The van der Waals surface area contributed by atoms with Gasteiger partial charge in [-0.2, -0.15) is 0 Å². The maximum Gasteiger partial charge on any atom is 0.255 e. The highest BCUT2D eigenvalue weighted by atomic mass is 28.3. The highest BCUT2D eigenvalue weighted by Crippen LogP contribution is 2.09. The zero-order chi connectivity index (χ0) is 11.1. The number of nitrogens with one attached hydrogen (secondary N) is 1. The number of aromatic nitrogens is 1. The van der Waals surface area contributed by atoms with E-state index in [1.54, 1.807) is 6.20 Å². The van der Waals surface area contributed by atoms with Crippen molar-refractivity contribution in [2.75, 3.05) is 0 Å². The van der Waals surface area contributed by atoms with Crippen molar-refractivity contribution < 1.29 is 0 Å². The average molecular weight is 217 g/mol. The van der Waals surface area contributed by atoms with Crippen molar-refractivity contribution in [1.29, 1.82) is 0 Å². The van der Waals surface area contributed by atoms with Crippen LogP contribution in [0.25, 0.3) is 10.8 Å². The third-order valence-corrected chi connectivity index (χ3v) is 4.68. The number of benzene rings is 1. The molecule has 78 valence electrons. The number of pyridine rings is 1. The summed E-state index contributed by atoms with van der Waals surface area (Å²) in [5.41, 5.74) is 0.00704. The molecule has 1 aromatic carbocycles. The van der Waals surface area contributed by atoms with Crippen molar-refractivity contribution in [3.8, 4) is 0 Å². The Bertz CT molecular complexity index is 551. The summed E-state index contributed by atoms with van der Waals surface area (Å²) >= 11 is 0. The first-order valence-electron chi connectivity index (χ1n) is 5.10. The molecule has 0 fully saturated rings. The second kappa shape index (κ2) is 3.34. The van der Waals surface area contributed by atoms with Gasteiger partial charge >= 0.3 is 0 Å². The lowest BCUT2D eigenvalue weighted by Gasteiger charge is -2.16. The van der Waals surface area contributed by atoms with Gasteiger partial charge in [-0.05, 0) is 17.5 Å². The van der Waals surface area contributed by atoms with Crippen LogP contribution in [0.2, 0.25) is 19.6 Å². The summed E-state index contributed by atoms with van der Waals surface area (Å²) in [7, 11) is -1.33. The van der Waals surface area contributed by atoms with Gasteiger partial charge in [-0.3, -0.25) is 4.79 Å². The van der Waals surface area contributed by atoms with Gasteiger partial charge in [0.15, 0.2) is 0 Å². The van der Waals surface area contributed by atoms with E-state index in [1.165, 1.54) is 5.19 Å². The fourth-order valence-electron chi connectivity index (χ4n) is 1.65. The monoisotopic (exact) mass is 217 g/mol. The van der Waals surface area contributed by atoms with E-state index >= 15 is 0 Å². The smallest absolute Gasteiger partial charge is 0.255 e. The van der Waals surface area contributed by atoms with Gasteiger partial charge in [0.1, 0.15) is 0 Å². The van der Waals surface area contributed by atoms with Gasteiger partial charge in [-0.25, -0.2) is 0 Å². The minimum atomic E-state index is -1.33. The van der Waals surface area contributed by atoms with Gasteiger partial charge in [0.25, 0.3) is 5.56 Å². The number of H-pyrrole nitrogens is 1. The molecule has 2 aromatic rings. The Labute approximate surface area is 90.0 Å². The summed E-state index contributed by atoms with van der Waals surface area (Å²) in [6.45, 7) is 6.85. The zero-order valence-electron chi connectivity index (χ0n) is 9.29. The zero-order valence-corrected chi connectivity index (χ0v) is 10.3. The summed E-state index contributed by atoms with van der Waals surface area (Å²) in [4.78, 5) is 14.3. The van der Waals surface area contributed by atoms with Crippen molar-refractivity contribution in [2.24, 2.45) is 0 Å². The fourth-order valence-corrected chi connectivity index (χ4v) is 2.81. The first-order valence-corrected chi connectivity index (χ1v) is 8.60. The number of rotatable bonds is 1. The van der Waals surface area contributed by atoms with E-state index < -0.39 is 8.07 Å². The molecule has 0 saturated carbocycles. The van der Waals surface area contributed by atoms with Gasteiger partial charge in [-0.15, -0.1) is 0 Å². The van der Waals surface area contributed by atoms with Crippen molar-refractivity contribution in [1.82, 2.24) is 4.98 Å². The van der Waals surface area contributed by atoms with Crippen LogP contribution >= 0.6 is 0 Å². The highest BCUT2D eigenvalue weighted by molar-refractivity contribution is 6.88. The predicted molar refractivity (Wildman–Crippen MR) is 67.5 cm³/mol. The number of aromatic amines is 1. The van der Waals surface area contributed by atoms with E-state index in [0.29, 0.717) is 0 Å². The van der Waals surface area contributed by atoms with Crippen LogP contribution in [0.4, 0.5) is 0 Å². The van der Waals surface area contributed by atoms with Crippen LogP contribution in [0.3, 0.4) is 0 Å². The molecule has 2 rings (SSSR count). The molecule has 0 atom stereocenters. The molecule has 0 unspecified atom stereocenters. The maximum absolute atomic E-state index is 11.6. The molecule has 3 heteroatoms. The molecule has 1 heterocycles. The predicted octanol–water partition coefficient (Wildman–Crippen LogP) is 2.07. The van der Waals surface area contributed by atoms with E-state index in [4.69, 9.17) is 0 Å². The van der Waals surface area contributed by atoms with Crippen LogP contribution in [-0.2, 0) is 0 Å². The quantitative estimate of drug-likeness (QED) is 0.729. The summed E-state index contributed by atoms with van der Waals surface area (Å²) in [5, 5.41) is 3.14. The molecule has 1 N–H and O–H groups in total. The fraction of sp³-hybridized carbons (Fsp3) is 0.250. The first kappa shape index (κ1) is 10.2. The van der Waals surface area contributed by atoms with Crippen molar-refractivity contribution >= 4 is 24.0 Å². The van der Waals surface area contributed by atoms with Crippen molar-refractivity contribution in [3.63, 3.8) is 0 Å². The number of fused-ring (bicyclic) bond motifs is 1. The van der Waals surface area contributed by atoms with Crippen molar-refractivity contribution in [2.45, 2.75) is 19.6 Å². The Hall–Kier alpha value is -1.35. The Morgan fingerprint density at radius 1 is 1.13 bits per heavy atom. The van der Waals surface area contributed by atoms with Crippen LogP contribution in [0.15, 0.2) is 35.3 Å². The molecule has 1 aromatic heterocycles. The Kier molecular flexibility index (Phi) is 2.27. The molecular formula is C12H15NOSi. The Morgan fingerprint density at radius 2 is 1.87 bits per heavy atom. The van der Waals surface area contributed by atoms with Crippen LogP contribution < -0.4 is 10.7 Å². The van der Waals surface area contributed by atoms with E-state index in [1.807, 2.05) is 18.2 Å². The average Bonchev–Trinajstić information content (AvgIpc) is 2.16. The summed E-state index contributed by atoms with van der Waals surface area (Å²) < 4.78 is 0. The van der Waals surface area contributed by atoms with Gasteiger partial charge in [-0.1, -0.05) is 37.0 Å². The van der Waals surface area contributed by atoms with Crippen LogP contribution in [0.1, 0.15) is 0 Å².